The Labute approximate surface area is 168 Å². The molecule has 5 nitrogen and oxygen atoms in total. The minimum Gasteiger partial charge on any atom is -0.493 e. The van der Waals surface area contributed by atoms with Crippen molar-refractivity contribution < 1.29 is 14.3 Å². The van der Waals surface area contributed by atoms with Gasteiger partial charge in [0.2, 0.25) is 5.91 Å². The van der Waals surface area contributed by atoms with E-state index >= 15 is 0 Å². The Morgan fingerprint density at radius 3 is 2.64 bits per heavy atom. The molecule has 0 fully saturated rings. The van der Waals surface area contributed by atoms with Gasteiger partial charge in [0.05, 0.1) is 26.2 Å². The number of hydrogen-bond acceptors (Lipinski definition) is 5. The van der Waals surface area contributed by atoms with Crippen LogP contribution in [-0.4, -0.2) is 32.1 Å². The highest BCUT2D eigenvalue weighted by atomic mass is 32.2. The largest absolute Gasteiger partial charge is 0.493 e. The number of carbonyl (C=O) groups excluding carboxylic acids is 1. The summed E-state index contributed by atoms with van der Waals surface area (Å²) in [4.78, 5) is 12.0. The summed E-state index contributed by atoms with van der Waals surface area (Å²) >= 11 is 1.55. The van der Waals surface area contributed by atoms with E-state index in [-0.39, 0.29) is 5.91 Å². The first-order valence-corrected chi connectivity index (χ1v) is 9.95. The number of hydrogen-bond donors (Lipinski definition) is 1. The van der Waals surface area contributed by atoms with Crippen LogP contribution in [0.3, 0.4) is 0 Å². The molecule has 0 aliphatic rings. The van der Waals surface area contributed by atoms with Crippen LogP contribution in [0.5, 0.6) is 11.5 Å². The third-order valence-electron chi connectivity index (χ3n) is 4.14. The lowest BCUT2D eigenvalue weighted by Crippen LogP contribution is -2.19. The number of nitrogens with one attached hydrogen (secondary N) is 1. The van der Waals surface area contributed by atoms with Crippen molar-refractivity contribution in [2.24, 2.45) is 5.10 Å². The number of carbonyl (C=O) groups is 1. The lowest BCUT2D eigenvalue weighted by molar-refractivity contribution is -0.118. The molecule has 6 heteroatoms. The highest BCUT2D eigenvalue weighted by Gasteiger charge is 2.07. The molecule has 0 radical (unpaired) electrons. The van der Waals surface area contributed by atoms with Crippen molar-refractivity contribution in [3.05, 3.63) is 71.8 Å². The number of ether oxygens (including phenoxy) is 2. The van der Waals surface area contributed by atoms with Gasteiger partial charge in [-0.3, -0.25) is 4.79 Å². The first-order valence-electron chi connectivity index (χ1n) is 8.79. The molecule has 0 aliphatic heterocycles. The number of rotatable bonds is 8. The maximum absolute atomic E-state index is 12.0. The fourth-order valence-electron chi connectivity index (χ4n) is 2.81. The van der Waals surface area contributed by atoms with Crippen LogP contribution in [0, 0.1) is 0 Å². The molecule has 144 valence electrons. The average Bonchev–Trinajstić information content (AvgIpc) is 2.73. The van der Waals surface area contributed by atoms with E-state index in [1.54, 1.807) is 38.3 Å². The van der Waals surface area contributed by atoms with E-state index in [1.807, 2.05) is 24.3 Å². The average molecular weight is 394 g/mol. The van der Waals surface area contributed by atoms with E-state index in [0.717, 1.165) is 11.3 Å². The summed E-state index contributed by atoms with van der Waals surface area (Å²) in [6, 6.07) is 20.1. The summed E-state index contributed by atoms with van der Waals surface area (Å²) < 4.78 is 10.6. The molecule has 0 saturated carbocycles. The molecule has 1 N–H and O–H groups in total. The standard InChI is InChI=1S/C22H22N2O3S/c1-26-20-9-5-8-19(22(20)27-2)13-23-24-21(25)15-28-14-16-10-11-17-6-3-4-7-18(17)12-16/h3-13H,14-15H2,1-2H3,(H,24,25)/b23-13-. The maximum Gasteiger partial charge on any atom is 0.250 e. The molecule has 3 aromatic carbocycles. The van der Waals surface area contributed by atoms with Crippen molar-refractivity contribution in [2.75, 3.05) is 20.0 Å². The molecular weight excluding hydrogens is 372 g/mol. The predicted octanol–water partition coefficient (Wildman–Crippen LogP) is 4.24. The summed E-state index contributed by atoms with van der Waals surface area (Å²) in [6.07, 6.45) is 1.55. The van der Waals surface area contributed by atoms with Gasteiger partial charge in [0.15, 0.2) is 11.5 Å². The van der Waals surface area contributed by atoms with E-state index < -0.39 is 0 Å². The smallest absolute Gasteiger partial charge is 0.250 e. The van der Waals surface area contributed by atoms with Gasteiger partial charge in [-0.1, -0.05) is 48.5 Å². The number of nitrogens with zero attached hydrogens (tertiary/aromatic N) is 1. The van der Waals surface area contributed by atoms with Crippen LogP contribution in [-0.2, 0) is 10.5 Å². The molecule has 0 aliphatic carbocycles. The van der Waals surface area contributed by atoms with Gasteiger partial charge in [-0.2, -0.15) is 5.10 Å². The lowest BCUT2D eigenvalue weighted by Gasteiger charge is -2.09. The van der Waals surface area contributed by atoms with Crippen molar-refractivity contribution in [2.45, 2.75) is 5.75 Å². The number of para-hydroxylation sites is 1. The van der Waals surface area contributed by atoms with E-state index in [2.05, 4.69) is 40.9 Å². The van der Waals surface area contributed by atoms with Gasteiger partial charge in [0, 0.05) is 11.3 Å². The van der Waals surface area contributed by atoms with Crippen molar-refractivity contribution in [3.63, 3.8) is 0 Å². The van der Waals surface area contributed by atoms with Crippen LogP contribution >= 0.6 is 11.8 Å². The molecule has 28 heavy (non-hydrogen) atoms. The first kappa shape index (κ1) is 19.8. The van der Waals surface area contributed by atoms with Crippen LogP contribution in [0.2, 0.25) is 0 Å². The molecule has 1 amide bonds. The van der Waals surface area contributed by atoms with E-state index in [1.165, 1.54) is 16.3 Å². The van der Waals surface area contributed by atoms with Gasteiger partial charge in [-0.05, 0) is 28.5 Å². The number of thioether (sulfide) groups is 1. The van der Waals surface area contributed by atoms with Gasteiger partial charge in [-0.15, -0.1) is 11.8 Å². The van der Waals surface area contributed by atoms with Gasteiger partial charge in [-0.25, -0.2) is 5.43 Å². The maximum atomic E-state index is 12.0. The van der Waals surface area contributed by atoms with Gasteiger partial charge in [0.25, 0.3) is 0 Å². The minimum absolute atomic E-state index is 0.149. The van der Waals surface area contributed by atoms with Gasteiger partial charge < -0.3 is 9.47 Å². The molecular formula is C22H22N2O3S. The van der Waals surface area contributed by atoms with Gasteiger partial charge >= 0.3 is 0 Å². The molecule has 0 bridgehead atoms. The van der Waals surface area contributed by atoms with Crippen molar-refractivity contribution >= 4 is 34.7 Å². The molecule has 0 heterocycles. The molecule has 0 spiro atoms. The number of benzene rings is 3. The second kappa shape index (κ2) is 9.80. The van der Waals surface area contributed by atoms with Crippen molar-refractivity contribution in [1.82, 2.24) is 5.43 Å². The van der Waals surface area contributed by atoms with Crippen LogP contribution in [0.1, 0.15) is 11.1 Å². The second-order valence-corrected chi connectivity index (χ2v) is 7.04. The quantitative estimate of drug-likeness (QED) is 0.459. The van der Waals surface area contributed by atoms with Crippen LogP contribution < -0.4 is 14.9 Å². The topological polar surface area (TPSA) is 59.9 Å². The molecule has 0 saturated heterocycles. The van der Waals surface area contributed by atoms with E-state index in [9.17, 15) is 4.79 Å². The molecule has 3 rings (SSSR count). The molecule has 0 atom stereocenters. The van der Waals surface area contributed by atoms with Crippen molar-refractivity contribution in [1.29, 1.82) is 0 Å². The van der Waals surface area contributed by atoms with Crippen LogP contribution in [0.4, 0.5) is 0 Å². The zero-order valence-electron chi connectivity index (χ0n) is 15.8. The third kappa shape index (κ3) is 5.04. The highest BCUT2D eigenvalue weighted by Crippen LogP contribution is 2.29. The number of amides is 1. The summed E-state index contributed by atoms with van der Waals surface area (Å²) in [5.74, 6) is 2.15. The predicted molar refractivity (Wildman–Crippen MR) is 115 cm³/mol. The Hall–Kier alpha value is -2.99. The fraction of sp³-hybridized carbons (Fsp3) is 0.182. The summed E-state index contributed by atoms with van der Waals surface area (Å²) in [7, 11) is 3.14. The highest BCUT2D eigenvalue weighted by molar-refractivity contribution is 7.99. The third-order valence-corrected chi connectivity index (χ3v) is 5.15. The molecule has 0 aromatic heterocycles. The van der Waals surface area contributed by atoms with E-state index in [4.69, 9.17) is 9.47 Å². The number of methoxy groups -OCH3 is 2. The fourth-order valence-corrected chi connectivity index (χ4v) is 3.58. The summed E-state index contributed by atoms with van der Waals surface area (Å²) in [6.45, 7) is 0. The first-order chi connectivity index (χ1) is 13.7. The molecule has 3 aromatic rings. The Balaban J connectivity index is 1.50. The van der Waals surface area contributed by atoms with Crippen LogP contribution in [0.15, 0.2) is 65.8 Å². The summed E-state index contributed by atoms with van der Waals surface area (Å²) in [5, 5.41) is 6.45. The number of fused-ring (bicyclic) bond motifs is 1. The Bertz CT molecular complexity index is 988. The SMILES string of the molecule is COc1cccc(/C=N\NC(=O)CSCc2ccc3ccccc3c2)c1OC. The summed E-state index contributed by atoms with van der Waals surface area (Å²) in [5.41, 5.74) is 4.47. The normalized spacial score (nSPS) is 10.9. The Kier molecular flexibility index (Phi) is 6.92. The Morgan fingerprint density at radius 2 is 1.86 bits per heavy atom. The Morgan fingerprint density at radius 1 is 1.04 bits per heavy atom. The van der Waals surface area contributed by atoms with Crippen LogP contribution in [0.25, 0.3) is 10.8 Å². The zero-order valence-corrected chi connectivity index (χ0v) is 16.7. The second-order valence-electron chi connectivity index (χ2n) is 6.05. The minimum atomic E-state index is -0.149. The van der Waals surface area contributed by atoms with E-state index in [0.29, 0.717) is 17.3 Å². The number of hydrazone groups is 1. The zero-order chi connectivity index (χ0) is 19.8. The van der Waals surface area contributed by atoms with Crippen molar-refractivity contribution in [3.8, 4) is 11.5 Å². The molecule has 0 unspecified atom stereocenters. The van der Waals surface area contributed by atoms with Gasteiger partial charge in [0.1, 0.15) is 0 Å². The monoisotopic (exact) mass is 394 g/mol. The lowest BCUT2D eigenvalue weighted by atomic mass is 10.1.